The van der Waals surface area contributed by atoms with Gasteiger partial charge in [0.1, 0.15) is 0 Å². The second-order valence-corrected chi connectivity index (χ2v) is 6.66. The summed E-state index contributed by atoms with van der Waals surface area (Å²) < 4.78 is 0. The van der Waals surface area contributed by atoms with Gasteiger partial charge in [-0.25, -0.2) is 0 Å². The van der Waals surface area contributed by atoms with Gasteiger partial charge in [-0.15, -0.1) is 0 Å². The van der Waals surface area contributed by atoms with Gasteiger partial charge in [-0.3, -0.25) is 4.99 Å². The molecule has 0 aliphatic heterocycles. The van der Waals surface area contributed by atoms with E-state index in [1.54, 1.807) is 7.05 Å². The van der Waals surface area contributed by atoms with Gasteiger partial charge in [-0.2, -0.15) is 0 Å². The summed E-state index contributed by atoms with van der Waals surface area (Å²) in [5, 5.41) is 16.5. The number of rotatable bonds is 7. The van der Waals surface area contributed by atoms with E-state index >= 15 is 0 Å². The molecule has 1 aromatic carbocycles. The molecule has 1 aliphatic rings. The molecule has 2 rings (SSSR count). The first-order valence-electron chi connectivity index (χ1n) is 8.83. The Bertz CT molecular complexity index is 481. The van der Waals surface area contributed by atoms with Crippen LogP contribution in [-0.4, -0.2) is 37.8 Å². The average Bonchev–Trinajstić information content (AvgIpc) is 3.08. The molecule has 0 saturated heterocycles. The van der Waals surface area contributed by atoms with Gasteiger partial charge in [-0.05, 0) is 30.2 Å². The first-order valence-corrected chi connectivity index (χ1v) is 8.83. The van der Waals surface area contributed by atoms with Crippen molar-refractivity contribution in [1.82, 2.24) is 10.6 Å². The van der Waals surface area contributed by atoms with Crippen molar-refractivity contribution in [3.8, 4) is 0 Å². The zero-order valence-electron chi connectivity index (χ0n) is 14.5. The lowest BCUT2D eigenvalue weighted by molar-refractivity contribution is 0.264. The van der Waals surface area contributed by atoms with Crippen LogP contribution in [0.4, 0.5) is 0 Å². The third kappa shape index (κ3) is 4.96. The van der Waals surface area contributed by atoms with Crippen molar-refractivity contribution in [3.63, 3.8) is 0 Å². The maximum Gasteiger partial charge on any atom is 0.191 e. The van der Waals surface area contributed by atoms with E-state index in [2.05, 4.69) is 34.7 Å². The van der Waals surface area contributed by atoms with E-state index in [0.29, 0.717) is 12.0 Å². The summed E-state index contributed by atoms with van der Waals surface area (Å²) in [5.74, 6) is 0.917. The van der Waals surface area contributed by atoms with E-state index < -0.39 is 0 Å². The molecule has 1 fully saturated rings. The van der Waals surface area contributed by atoms with Crippen LogP contribution in [0.3, 0.4) is 0 Å². The van der Waals surface area contributed by atoms with Gasteiger partial charge in [0.05, 0.1) is 6.61 Å². The summed E-state index contributed by atoms with van der Waals surface area (Å²) in [4.78, 5) is 4.33. The predicted molar refractivity (Wildman–Crippen MR) is 96.8 cm³/mol. The van der Waals surface area contributed by atoms with Gasteiger partial charge in [-0.1, -0.05) is 50.1 Å². The highest BCUT2D eigenvalue weighted by Crippen LogP contribution is 2.40. The number of hydrogen-bond acceptors (Lipinski definition) is 2. The van der Waals surface area contributed by atoms with Crippen LogP contribution in [0.15, 0.2) is 35.3 Å². The van der Waals surface area contributed by atoms with Crippen LogP contribution in [0.25, 0.3) is 0 Å². The largest absolute Gasteiger partial charge is 0.396 e. The molecule has 0 aromatic heterocycles. The molecular formula is C19H31N3O. The number of aliphatic imine (C=N–C) groups is 1. The summed E-state index contributed by atoms with van der Waals surface area (Å²) >= 11 is 0. The van der Waals surface area contributed by atoms with Gasteiger partial charge in [0.2, 0.25) is 0 Å². The summed E-state index contributed by atoms with van der Waals surface area (Å²) in [5.41, 5.74) is 1.59. The summed E-state index contributed by atoms with van der Waals surface area (Å²) in [6, 6.07) is 10.1. The van der Waals surface area contributed by atoms with E-state index in [0.717, 1.165) is 18.1 Å². The number of nitrogens with zero attached hydrogens (tertiary/aromatic N) is 1. The number of aliphatic hydroxyl groups is 1. The molecule has 1 aliphatic carbocycles. The molecule has 0 spiro atoms. The number of hydrogen-bond donors (Lipinski definition) is 3. The summed E-state index contributed by atoms with van der Waals surface area (Å²) in [6.07, 6.45) is 6.55. The van der Waals surface area contributed by atoms with Gasteiger partial charge >= 0.3 is 0 Å². The van der Waals surface area contributed by atoms with Crippen LogP contribution in [0, 0.1) is 5.41 Å². The van der Waals surface area contributed by atoms with Gasteiger partial charge in [0, 0.05) is 26.1 Å². The highest BCUT2D eigenvalue weighted by atomic mass is 16.3. The lowest BCUT2D eigenvalue weighted by Crippen LogP contribution is -2.44. The van der Waals surface area contributed by atoms with Crippen LogP contribution in [0.1, 0.15) is 50.5 Å². The molecule has 0 bridgehead atoms. The molecule has 3 N–H and O–H groups in total. The molecule has 23 heavy (non-hydrogen) atoms. The first kappa shape index (κ1) is 17.8. The fourth-order valence-corrected chi connectivity index (χ4v) is 3.51. The Balaban J connectivity index is 1.85. The van der Waals surface area contributed by atoms with Crippen molar-refractivity contribution in [3.05, 3.63) is 35.9 Å². The van der Waals surface area contributed by atoms with Crippen LogP contribution in [0.5, 0.6) is 0 Å². The number of guanidine groups is 1. The van der Waals surface area contributed by atoms with Crippen molar-refractivity contribution >= 4 is 5.96 Å². The molecule has 1 unspecified atom stereocenters. The Labute approximate surface area is 140 Å². The molecule has 4 heteroatoms. The van der Waals surface area contributed by atoms with Crippen LogP contribution in [0.2, 0.25) is 0 Å². The van der Waals surface area contributed by atoms with Gasteiger partial charge in [0.25, 0.3) is 0 Å². The lowest BCUT2D eigenvalue weighted by atomic mass is 9.83. The van der Waals surface area contributed by atoms with Crippen molar-refractivity contribution in [1.29, 1.82) is 0 Å². The molecule has 0 heterocycles. The SMILES string of the molecule is CCC1(CNC(=NC)NCC(CO)c2ccccc2)CCCC1. The zero-order valence-corrected chi connectivity index (χ0v) is 14.5. The molecular weight excluding hydrogens is 286 g/mol. The molecule has 4 nitrogen and oxygen atoms in total. The predicted octanol–water partition coefficient (Wildman–Crippen LogP) is 2.90. The highest BCUT2D eigenvalue weighted by molar-refractivity contribution is 5.79. The maximum atomic E-state index is 9.65. The molecule has 1 aromatic rings. The first-order chi connectivity index (χ1) is 11.2. The fourth-order valence-electron chi connectivity index (χ4n) is 3.51. The monoisotopic (exact) mass is 317 g/mol. The Hall–Kier alpha value is -1.55. The minimum Gasteiger partial charge on any atom is -0.396 e. The second kappa shape index (κ2) is 8.92. The molecule has 1 atom stereocenters. The van der Waals surface area contributed by atoms with Crippen LogP contribution >= 0.6 is 0 Å². The van der Waals surface area contributed by atoms with Crippen LogP contribution < -0.4 is 10.6 Å². The zero-order chi connectivity index (χ0) is 16.5. The highest BCUT2D eigenvalue weighted by Gasteiger charge is 2.31. The molecule has 0 radical (unpaired) electrons. The van der Waals surface area contributed by atoms with Crippen LogP contribution in [-0.2, 0) is 0 Å². The number of aliphatic hydroxyl groups excluding tert-OH is 1. The fraction of sp³-hybridized carbons (Fsp3) is 0.632. The third-order valence-corrected chi connectivity index (χ3v) is 5.28. The van der Waals surface area contributed by atoms with Gasteiger partial charge in [0.15, 0.2) is 5.96 Å². The van der Waals surface area contributed by atoms with E-state index in [9.17, 15) is 5.11 Å². The standard InChI is InChI=1S/C19H31N3O/c1-3-19(11-7-8-12-19)15-22-18(20-2)21-13-17(14-23)16-9-5-4-6-10-16/h4-6,9-10,17,23H,3,7-8,11-15H2,1-2H3,(H2,20,21,22). The third-order valence-electron chi connectivity index (χ3n) is 5.28. The van der Waals surface area contributed by atoms with E-state index in [1.165, 1.54) is 32.1 Å². The van der Waals surface area contributed by atoms with Crippen molar-refractivity contribution < 1.29 is 5.11 Å². The average molecular weight is 317 g/mol. The number of nitrogens with one attached hydrogen (secondary N) is 2. The molecule has 128 valence electrons. The number of benzene rings is 1. The normalized spacial score (nSPS) is 18.7. The van der Waals surface area contributed by atoms with Crippen molar-refractivity contribution in [2.45, 2.75) is 44.9 Å². The van der Waals surface area contributed by atoms with E-state index in [-0.39, 0.29) is 12.5 Å². The Kier molecular flexibility index (Phi) is 6.90. The van der Waals surface area contributed by atoms with Crippen molar-refractivity contribution in [2.75, 3.05) is 26.7 Å². The second-order valence-electron chi connectivity index (χ2n) is 6.66. The summed E-state index contributed by atoms with van der Waals surface area (Å²) in [6.45, 7) is 4.09. The van der Waals surface area contributed by atoms with E-state index in [1.807, 2.05) is 18.2 Å². The quantitative estimate of drug-likeness (QED) is 0.535. The maximum absolute atomic E-state index is 9.65. The minimum atomic E-state index is 0.0846. The Morgan fingerprint density at radius 1 is 1.22 bits per heavy atom. The van der Waals surface area contributed by atoms with E-state index in [4.69, 9.17) is 0 Å². The molecule has 0 amide bonds. The van der Waals surface area contributed by atoms with Crippen molar-refractivity contribution in [2.24, 2.45) is 10.4 Å². The topological polar surface area (TPSA) is 56.7 Å². The Morgan fingerprint density at radius 3 is 2.48 bits per heavy atom. The molecule has 1 saturated carbocycles. The van der Waals surface area contributed by atoms with Gasteiger partial charge < -0.3 is 15.7 Å². The summed E-state index contributed by atoms with van der Waals surface area (Å²) in [7, 11) is 1.80. The smallest absolute Gasteiger partial charge is 0.191 e. The minimum absolute atomic E-state index is 0.0846. The lowest BCUT2D eigenvalue weighted by Gasteiger charge is -2.29. The Morgan fingerprint density at radius 2 is 1.91 bits per heavy atom.